The van der Waals surface area contributed by atoms with Gasteiger partial charge in [-0.25, -0.2) is 0 Å². The molecule has 0 aromatic heterocycles. The van der Waals surface area contributed by atoms with Crippen LogP contribution in [0.2, 0.25) is 0 Å². The first-order valence-corrected chi connectivity index (χ1v) is 35.0. The molecule has 19 unspecified atom stereocenters. The lowest BCUT2D eigenvalue weighted by molar-refractivity contribution is -0.402. The monoisotopic (exact) mass is 1380 g/mol. The average Bonchev–Trinajstić information content (AvgIpc) is 0.714. The number of ether oxygens (including phenoxy) is 8. The second kappa shape index (κ2) is 30.4. The number of aliphatic hydroxyl groups is 19. The summed E-state index contributed by atoms with van der Waals surface area (Å²) in [6.07, 6.45) is -23.8. The zero-order chi connectivity index (χ0) is 71.7. The van der Waals surface area contributed by atoms with E-state index in [1.165, 1.54) is 26.3 Å². The summed E-state index contributed by atoms with van der Waals surface area (Å²) in [5, 5.41) is 208. The molecule has 96 heavy (non-hydrogen) atoms. The summed E-state index contributed by atoms with van der Waals surface area (Å²) in [4.78, 5) is 0. The standard InChI is InChI=1S/C69H122O27/c1-32(14-18-46(63(6,7)88)92-31-67(11)61(96-69(13)60(87)55(82)50(77)42(25-72)95-69)56(83)51(78)43(94-67)27-90-30-66(10)59(86)54(81)49(76)41(24-71)93-66)33(2)37-20-44(73)68(12)38(34(37)3)15-16-39-40(68)17-19-45(62(39,4)5)91-29-65(9)22-36(48(75)53(80)58(65)85)26-89-28-64(8)21-35(23-70)47(74)52(79)57(64)84/h16,32-38,40-61,70-88H,14-15,17-31H2,1-13H3/t32-,33?,34+,35?,36?,37?,38?,40?,41?,42?,43?,44?,45?,46?,47-,48-,49+,50+,51+,52?,53?,54+,55+,56+,57+,58+,59?,60?,61?,64?,65?,66-,67-,68+,69-/m1/s1. The van der Waals surface area contributed by atoms with Crippen LogP contribution in [0, 0.1) is 69.0 Å². The maximum Gasteiger partial charge on any atom is 0.195 e. The van der Waals surface area contributed by atoms with Crippen molar-refractivity contribution in [3.63, 3.8) is 0 Å². The van der Waals surface area contributed by atoms with E-state index in [0.717, 1.165) is 12.8 Å². The Hall–Kier alpha value is -1.34. The van der Waals surface area contributed by atoms with Gasteiger partial charge >= 0.3 is 0 Å². The Morgan fingerprint density at radius 2 is 1.09 bits per heavy atom. The van der Waals surface area contributed by atoms with E-state index in [4.69, 9.17) is 37.9 Å². The van der Waals surface area contributed by atoms with E-state index >= 15 is 0 Å². The molecule has 8 rings (SSSR count). The SMILES string of the molecule is CC(C1CC(O)[C@]2(C)C3CCC(OCC4(C)CC(COCC5(C)CC(CO)[C@@H](O)C(O)[C@@H]5O)[C@@H](O)C(O)[C@@H]4O)C(C)(C)C3=CCC2[C@H]1C)[C@H](C)CCC(OC[C@@]1(C)OC(COC[C@@]2(C)OC(CO)[C@H](O)[C@H](O)C2O)[C@H](O)[C@H](O)C1O[C@@]1(C)OC(CO)[C@H](O)[C@H](O)C1O)C(C)(C)O. The van der Waals surface area contributed by atoms with Crippen molar-refractivity contribution >= 4 is 0 Å². The van der Waals surface area contributed by atoms with Gasteiger partial charge in [-0.3, -0.25) is 0 Å². The van der Waals surface area contributed by atoms with E-state index in [9.17, 15) is 97.0 Å². The number of hydrogen-bond acceptors (Lipinski definition) is 27. The maximum atomic E-state index is 12.6. The van der Waals surface area contributed by atoms with Crippen LogP contribution in [0.5, 0.6) is 0 Å². The molecule has 0 amide bonds. The van der Waals surface area contributed by atoms with Gasteiger partial charge in [0.05, 0.1) is 101 Å². The molecule has 560 valence electrons. The maximum absolute atomic E-state index is 12.6. The summed E-state index contributed by atoms with van der Waals surface area (Å²) < 4.78 is 50.0. The molecule has 7 fully saturated rings. The lowest BCUT2D eigenvalue weighted by Gasteiger charge is -2.62. The first kappa shape index (κ1) is 80.3. The molecule has 0 aromatic rings. The van der Waals surface area contributed by atoms with Crippen LogP contribution in [-0.4, -0.2) is 307 Å². The summed E-state index contributed by atoms with van der Waals surface area (Å²) in [5.74, 6) is -2.94. The van der Waals surface area contributed by atoms with Gasteiger partial charge in [0.1, 0.15) is 96.7 Å². The zero-order valence-corrected chi connectivity index (χ0v) is 58.6. The number of aliphatic hydroxyl groups excluding tert-OH is 18. The third kappa shape index (κ3) is 15.3. The molecule has 8 aliphatic rings. The molecule has 27 heteroatoms. The van der Waals surface area contributed by atoms with Gasteiger partial charge in [-0.05, 0) is 121 Å². The second-order valence-corrected chi connectivity index (χ2v) is 33.3. The number of rotatable bonds is 25. The van der Waals surface area contributed by atoms with Gasteiger partial charge in [0, 0.05) is 40.1 Å². The molecule has 5 aliphatic carbocycles. The van der Waals surface area contributed by atoms with Crippen LogP contribution >= 0.6 is 0 Å². The smallest absolute Gasteiger partial charge is 0.195 e. The minimum absolute atomic E-state index is 0.0357. The lowest BCUT2D eigenvalue weighted by Crippen LogP contribution is -2.72. The highest BCUT2D eigenvalue weighted by atomic mass is 16.7. The minimum atomic E-state index is -2.24. The molecule has 0 aromatic carbocycles. The third-order valence-corrected chi connectivity index (χ3v) is 25.5. The predicted molar refractivity (Wildman–Crippen MR) is 342 cm³/mol. The molecule has 19 N–H and O–H groups in total. The van der Waals surface area contributed by atoms with Crippen LogP contribution in [0.4, 0.5) is 0 Å². The van der Waals surface area contributed by atoms with Gasteiger partial charge in [0.25, 0.3) is 0 Å². The topological polar surface area (TPSA) is 458 Å². The van der Waals surface area contributed by atoms with Crippen molar-refractivity contribution in [3.8, 4) is 0 Å². The van der Waals surface area contributed by atoms with E-state index in [-0.39, 0.29) is 80.9 Å². The molecule has 0 spiro atoms. The molecule has 0 radical (unpaired) electrons. The van der Waals surface area contributed by atoms with E-state index in [1.54, 1.807) is 20.8 Å². The molecule has 3 heterocycles. The molecular weight excluding hydrogens is 1260 g/mol. The van der Waals surface area contributed by atoms with Crippen molar-refractivity contribution in [2.75, 3.05) is 59.5 Å². The first-order chi connectivity index (χ1) is 44.5. The largest absolute Gasteiger partial charge is 0.396 e. The number of hydrogen-bond donors (Lipinski definition) is 19. The van der Waals surface area contributed by atoms with Gasteiger partial charge in [-0.2, -0.15) is 0 Å². The molecule has 3 aliphatic heterocycles. The normalized spacial score (nSPS) is 50.2. The molecule has 27 nitrogen and oxygen atoms in total. The van der Waals surface area contributed by atoms with E-state index in [0.29, 0.717) is 25.7 Å². The van der Waals surface area contributed by atoms with Crippen molar-refractivity contribution in [1.82, 2.24) is 0 Å². The third-order valence-electron chi connectivity index (χ3n) is 25.5. The quantitative estimate of drug-likeness (QED) is 0.0436. The van der Waals surface area contributed by atoms with Crippen LogP contribution in [-0.2, 0) is 37.9 Å². The minimum Gasteiger partial charge on any atom is -0.396 e. The van der Waals surface area contributed by atoms with E-state index in [2.05, 4.69) is 47.6 Å². The Kier molecular flexibility index (Phi) is 25.4. The van der Waals surface area contributed by atoms with Gasteiger partial charge in [-0.15, -0.1) is 0 Å². The predicted octanol–water partition coefficient (Wildman–Crippen LogP) is -2.08. The number of allylic oxidation sites excluding steroid dienone is 1. The summed E-state index contributed by atoms with van der Waals surface area (Å²) in [6.45, 7) is 20.8. The van der Waals surface area contributed by atoms with Crippen LogP contribution < -0.4 is 0 Å². The van der Waals surface area contributed by atoms with Crippen LogP contribution in [0.15, 0.2) is 11.6 Å². The van der Waals surface area contributed by atoms with Crippen LogP contribution in [0.3, 0.4) is 0 Å². The molecule has 0 bridgehead atoms. The van der Waals surface area contributed by atoms with E-state index < -0.39 is 211 Å². The summed E-state index contributed by atoms with van der Waals surface area (Å²) >= 11 is 0. The van der Waals surface area contributed by atoms with Crippen LogP contribution in [0.1, 0.15) is 141 Å². The Morgan fingerprint density at radius 3 is 1.69 bits per heavy atom. The summed E-state index contributed by atoms with van der Waals surface area (Å²) in [5.41, 5.74) is -6.73. The molecular formula is C69H122O27. The second-order valence-electron chi connectivity index (χ2n) is 33.3. The highest BCUT2D eigenvalue weighted by Gasteiger charge is 2.63. The Balaban J connectivity index is 0.914. The summed E-state index contributed by atoms with van der Waals surface area (Å²) in [7, 11) is 0. The molecule has 35 atom stereocenters. The Labute approximate surface area is 565 Å². The van der Waals surface area contributed by atoms with Gasteiger partial charge in [0.15, 0.2) is 5.79 Å². The Morgan fingerprint density at radius 1 is 0.562 bits per heavy atom. The first-order valence-electron chi connectivity index (χ1n) is 35.0. The lowest BCUT2D eigenvalue weighted by atomic mass is 9.44. The van der Waals surface area contributed by atoms with Crippen LogP contribution in [0.25, 0.3) is 0 Å². The van der Waals surface area contributed by atoms with Crippen molar-refractivity contribution in [3.05, 3.63) is 11.6 Å². The van der Waals surface area contributed by atoms with Crippen molar-refractivity contribution in [1.29, 1.82) is 0 Å². The summed E-state index contributed by atoms with van der Waals surface area (Å²) in [6, 6.07) is 0. The molecule has 4 saturated carbocycles. The van der Waals surface area contributed by atoms with Gasteiger partial charge < -0.3 is 135 Å². The fourth-order valence-electron chi connectivity index (χ4n) is 18.6. The highest BCUT2D eigenvalue weighted by Crippen LogP contribution is 2.64. The highest BCUT2D eigenvalue weighted by molar-refractivity contribution is 5.29. The van der Waals surface area contributed by atoms with Gasteiger partial charge in [-0.1, -0.05) is 67.0 Å². The van der Waals surface area contributed by atoms with Gasteiger partial charge in [0.2, 0.25) is 0 Å². The van der Waals surface area contributed by atoms with E-state index in [1.807, 2.05) is 6.92 Å². The molecule has 3 saturated heterocycles. The Bertz CT molecular complexity index is 2540. The van der Waals surface area contributed by atoms with Crippen molar-refractivity contribution in [2.45, 2.75) is 292 Å². The number of fused-ring (bicyclic) bond motifs is 3. The fourth-order valence-corrected chi connectivity index (χ4v) is 18.6. The fraction of sp³-hybridized carbons (Fsp3) is 0.971. The zero-order valence-electron chi connectivity index (χ0n) is 58.6. The van der Waals surface area contributed by atoms with Crippen molar-refractivity contribution < 1.29 is 135 Å². The van der Waals surface area contributed by atoms with Crippen molar-refractivity contribution in [2.24, 2.45) is 69.0 Å². The average molecular weight is 1380 g/mol.